The lowest BCUT2D eigenvalue weighted by Crippen LogP contribution is -2.39. The maximum atomic E-state index is 13.7. The molecule has 0 aliphatic carbocycles. The summed E-state index contributed by atoms with van der Waals surface area (Å²) >= 11 is 13.5. The summed E-state index contributed by atoms with van der Waals surface area (Å²) in [7, 11) is -4.25. The normalized spacial score (nSPS) is 12.1. The molecule has 4 aromatic rings. The summed E-state index contributed by atoms with van der Waals surface area (Å²) in [6, 6.07) is 14.5. The van der Waals surface area contributed by atoms with E-state index in [9.17, 15) is 18.0 Å². The van der Waals surface area contributed by atoms with Crippen LogP contribution in [-0.4, -0.2) is 36.9 Å². The maximum Gasteiger partial charge on any atom is 0.327 e. The Hall–Kier alpha value is -2.85. The van der Waals surface area contributed by atoms with E-state index in [-0.39, 0.29) is 26.4 Å². The molecule has 0 spiro atoms. The number of ketones is 1. The van der Waals surface area contributed by atoms with E-state index in [1.165, 1.54) is 36.5 Å². The van der Waals surface area contributed by atoms with Crippen molar-refractivity contribution in [3.05, 3.63) is 75.7 Å². The highest BCUT2D eigenvalue weighted by molar-refractivity contribution is 7.92. The molecule has 0 amide bonds. The number of esters is 1. The fourth-order valence-electron chi connectivity index (χ4n) is 3.73. The summed E-state index contributed by atoms with van der Waals surface area (Å²) in [5.74, 6) is -0.726. The Labute approximate surface area is 229 Å². The second-order valence-electron chi connectivity index (χ2n) is 9.33. The molecule has 0 saturated heterocycles. The van der Waals surface area contributed by atoms with Gasteiger partial charge in [-0.05, 0) is 82.3 Å². The Kier molecular flexibility index (Phi) is 7.45. The number of nitrogens with zero attached hydrogens (tertiary/aromatic N) is 2. The number of sulfonamides is 1. The van der Waals surface area contributed by atoms with Crippen LogP contribution in [0.2, 0.25) is 10.0 Å². The van der Waals surface area contributed by atoms with Crippen LogP contribution >= 0.6 is 34.5 Å². The lowest BCUT2D eigenvalue weighted by Gasteiger charge is -2.26. The molecular weight excluding hydrogens is 555 g/mol. The molecule has 0 unspecified atom stereocenters. The van der Waals surface area contributed by atoms with Gasteiger partial charge in [0.1, 0.15) is 17.1 Å². The van der Waals surface area contributed by atoms with Gasteiger partial charge in [0.15, 0.2) is 5.78 Å². The number of thiophene rings is 1. The summed E-state index contributed by atoms with van der Waals surface area (Å²) in [6.45, 7) is 6.08. The molecule has 0 aliphatic rings. The molecule has 194 valence electrons. The molecule has 11 heteroatoms. The van der Waals surface area contributed by atoms with Gasteiger partial charge in [-0.25, -0.2) is 8.42 Å². The second-order valence-corrected chi connectivity index (χ2v) is 13.1. The predicted octanol–water partition coefficient (Wildman–Crippen LogP) is 6.74. The van der Waals surface area contributed by atoms with Gasteiger partial charge in [0, 0.05) is 21.6 Å². The number of hydrogen-bond donors (Lipinski definition) is 0. The van der Waals surface area contributed by atoms with Crippen LogP contribution in [0.3, 0.4) is 0 Å². The number of benzene rings is 2. The molecule has 0 N–H and O–H groups in total. The van der Waals surface area contributed by atoms with E-state index >= 15 is 0 Å². The monoisotopic (exact) mass is 578 g/mol. The number of hydrogen-bond acceptors (Lipinski definition) is 6. The van der Waals surface area contributed by atoms with Crippen LogP contribution < -0.4 is 4.31 Å². The third-order valence-electron chi connectivity index (χ3n) is 5.25. The SMILES string of the molecule is CC(=O)c1ccc(-n2ccc3cc(N(CC(=O)OC(C)(C)C)S(=O)(=O)c4cc(Cl)cc(Cl)c4)ccc32)s1. The van der Waals surface area contributed by atoms with Gasteiger partial charge in [-0.15, -0.1) is 11.3 Å². The van der Waals surface area contributed by atoms with E-state index < -0.39 is 28.1 Å². The third kappa shape index (κ3) is 6.01. The van der Waals surface area contributed by atoms with Crippen LogP contribution in [0.15, 0.2) is 65.7 Å². The summed E-state index contributed by atoms with van der Waals surface area (Å²) in [6.07, 6.45) is 1.84. The zero-order chi connectivity index (χ0) is 27.1. The molecule has 0 fully saturated rings. The number of ether oxygens (including phenoxy) is 1. The smallest absolute Gasteiger partial charge is 0.327 e. The highest BCUT2D eigenvalue weighted by Gasteiger charge is 2.30. The van der Waals surface area contributed by atoms with Gasteiger partial charge in [-0.2, -0.15) is 0 Å². The second kappa shape index (κ2) is 10.1. The Morgan fingerprint density at radius 2 is 1.68 bits per heavy atom. The number of halogens is 2. The Bertz CT molecular complexity index is 1600. The fourth-order valence-corrected chi connectivity index (χ4v) is 6.76. The molecule has 2 heterocycles. The van der Waals surface area contributed by atoms with Gasteiger partial charge < -0.3 is 9.30 Å². The zero-order valence-electron chi connectivity index (χ0n) is 20.5. The lowest BCUT2D eigenvalue weighted by atomic mass is 10.2. The minimum Gasteiger partial charge on any atom is -0.459 e. The van der Waals surface area contributed by atoms with Crippen LogP contribution in [0.1, 0.15) is 37.4 Å². The van der Waals surface area contributed by atoms with Gasteiger partial charge in [0.05, 0.1) is 21.0 Å². The average Bonchev–Trinajstić information content (AvgIpc) is 3.42. The predicted molar refractivity (Wildman–Crippen MR) is 148 cm³/mol. The van der Waals surface area contributed by atoms with Crippen molar-refractivity contribution in [1.29, 1.82) is 0 Å². The molecule has 0 saturated carbocycles. The molecule has 2 aromatic carbocycles. The maximum absolute atomic E-state index is 13.7. The molecule has 4 rings (SSSR count). The molecule has 7 nitrogen and oxygen atoms in total. The summed E-state index contributed by atoms with van der Waals surface area (Å²) in [5.41, 5.74) is 0.274. The van der Waals surface area contributed by atoms with Gasteiger partial charge in [-0.1, -0.05) is 23.2 Å². The van der Waals surface area contributed by atoms with Crippen molar-refractivity contribution in [2.24, 2.45) is 0 Å². The minimum atomic E-state index is -4.25. The van der Waals surface area contributed by atoms with Crippen molar-refractivity contribution in [3.8, 4) is 5.00 Å². The fraction of sp³-hybridized carbons (Fsp3) is 0.231. The lowest BCUT2D eigenvalue weighted by molar-refractivity contribution is -0.152. The molecule has 0 atom stereocenters. The van der Waals surface area contributed by atoms with Crippen LogP contribution in [-0.2, 0) is 19.6 Å². The Balaban J connectivity index is 1.79. The van der Waals surface area contributed by atoms with E-state index in [4.69, 9.17) is 27.9 Å². The third-order valence-corrected chi connectivity index (χ3v) is 8.63. The van der Waals surface area contributed by atoms with E-state index in [0.717, 1.165) is 20.2 Å². The number of carbonyl (C=O) groups is 2. The minimum absolute atomic E-state index is 0.0147. The van der Waals surface area contributed by atoms with E-state index in [0.29, 0.717) is 4.88 Å². The van der Waals surface area contributed by atoms with Crippen LogP contribution in [0, 0.1) is 0 Å². The molecule has 0 bridgehead atoms. The molecule has 0 radical (unpaired) electrons. The van der Waals surface area contributed by atoms with Crippen molar-refractivity contribution in [2.75, 3.05) is 10.8 Å². The first kappa shape index (κ1) is 27.2. The standard InChI is InChI=1S/C26H24Cl2N2O5S2/c1-16(31)23-7-8-24(36-23)29-10-9-17-11-20(5-6-22(17)29)30(15-25(32)35-26(2,3)4)37(33,34)21-13-18(27)12-19(28)14-21/h5-14H,15H2,1-4H3. The van der Waals surface area contributed by atoms with Crippen LogP contribution in [0.5, 0.6) is 0 Å². The molecule has 2 aromatic heterocycles. The number of fused-ring (bicyclic) bond motifs is 1. The summed E-state index contributed by atoms with van der Waals surface area (Å²) < 4.78 is 35.8. The van der Waals surface area contributed by atoms with E-state index in [2.05, 4.69) is 0 Å². The average molecular weight is 580 g/mol. The van der Waals surface area contributed by atoms with E-state index in [1.54, 1.807) is 45.0 Å². The van der Waals surface area contributed by atoms with Crippen LogP contribution in [0.4, 0.5) is 5.69 Å². The Morgan fingerprint density at radius 1 is 1.00 bits per heavy atom. The van der Waals surface area contributed by atoms with Crippen molar-refractivity contribution in [3.63, 3.8) is 0 Å². The quantitative estimate of drug-likeness (QED) is 0.179. The highest BCUT2D eigenvalue weighted by Crippen LogP contribution is 2.32. The van der Waals surface area contributed by atoms with Crippen molar-refractivity contribution in [2.45, 2.75) is 38.2 Å². The first-order chi connectivity index (χ1) is 17.2. The van der Waals surface area contributed by atoms with Gasteiger partial charge in [0.2, 0.25) is 0 Å². The number of anilines is 1. The number of Topliss-reactive ketones (excluding diaryl/α,β-unsaturated/α-hetero) is 1. The van der Waals surface area contributed by atoms with Gasteiger partial charge in [0.25, 0.3) is 10.0 Å². The number of carbonyl (C=O) groups excluding carboxylic acids is 2. The van der Waals surface area contributed by atoms with Crippen molar-refractivity contribution >= 4 is 72.9 Å². The molecule has 37 heavy (non-hydrogen) atoms. The molecular formula is C26H24Cl2N2O5S2. The molecule has 0 aliphatic heterocycles. The summed E-state index contributed by atoms with van der Waals surface area (Å²) in [4.78, 5) is 25.0. The largest absolute Gasteiger partial charge is 0.459 e. The first-order valence-corrected chi connectivity index (χ1v) is 14.2. The zero-order valence-corrected chi connectivity index (χ0v) is 23.6. The first-order valence-electron chi connectivity index (χ1n) is 11.2. The number of rotatable bonds is 7. The number of aromatic nitrogens is 1. The Morgan fingerprint density at radius 3 is 2.27 bits per heavy atom. The van der Waals surface area contributed by atoms with Crippen molar-refractivity contribution < 1.29 is 22.7 Å². The highest BCUT2D eigenvalue weighted by atomic mass is 35.5. The van der Waals surface area contributed by atoms with Gasteiger partial charge >= 0.3 is 5.97 Å². The van der Waals surface area contributed by atoms with Crippen molar-refractivity contribution in [1.82, 2.24) is 4.57 Å². The topological polar surface area (TPSA) is 85.7 Å². The van der Waals surface area contributed by atoms with Gasteiger partial charge in [-0.3, -0.25) is 13.9 Å². The van der Waals surface area contributed by atoms with Crippen LogP contribution in [0.25, 0.3) is 15.9 Å². The van der Waals surface area contributed by atoms with E-state index in [1.807, 2.05) is 22.9 Å². The summed E-state index contributed by atoms with van der Waals surface area (Å²) in [5, 5.41) is 1.89.